The minimum absolute atomic E-state index is 0.113. The van der Waals surface area contributed by atoms with E-state index in [9.17, 15) is 9.90 Å². The molecule has 3 aromatic rings. The number of anilines is 1. The Hall–Kier alpha value is -3.76. The van der Waals surface area contributed by atoms with Crippen molar-refractivity contribution in [3.05, 3.63) is 36.3 Å². The number of nitrogens with one attached hydrogen (secondary N) is 1. The Balaban J connectivity index is 1.21. The molecule has 2 fully saturated rings. The van der Waals surface area contributed by atoms with Crippen LogP contribution in [0.25, 0.3) is 11.4 Å². The first-order valence-electron chi connectivity index (χ1n) is 12.3. The van der Waals surface area contributed by atoms with Crippen LogP contribution in [0, 0.1) is 11.3 Å². The second-order valence-electron chi connectivity index (χ2n) is 10.0. The molecule has 3 aromatic heterocycles. The van der Waals surface area contributed by atoms with E-state index in [1.54, 1.807) is 23.1 Å². The van der Waals surface area contributed by atoms with Crippen LogP contribution in [0.2, 0.25) is 0 Å². The lowest BCUT2D eigenvalue weighted by atomic mass is 9.87. The van der Waals surface area contributed by atoms with Gasteiger partial charge in [0.15, 0.2) is 0 Å². The van der Waals surface area contributed by atoms with Crippen molar-refractivity contribution < 1.29 is 19.4 Å². The van der Waals surface area contributed by atoms with Crippen LogP contribution >= 0.6 is 0 Å². The third kappa shape index (κ3) is 5.72. The van der Waals surface area contributed by atoms with Crippen molar-refractivity contribution in [2.24, 2.45) is 18.4 Å². The van der Waals surface area contributed by atoms with Gasteiger partial charge >= 0.3 is 12.0 Å². The molecular formula is C25H31N7O4. The van der Waals surface area contributed by atoms with Gasteiger partial charge in [0.1, 0.15) is 17.3 Å². The highest BCUT2D eigenvalue weighted by molar-refractivity contribution is 5.70. The third-order valence-corrected chi connectivity index (χ3v) is 6.92. The fourth-order valence-electron chi connectivity index (χ4n) is 4.31. The summed E-state index contributed by atoms with van der Waals surface area (Å²) < 4.78 is 13.5. The van der Waals surface area contributed by atoms with Crippen LogP contribution in [0.15, 0.2) is 30.6 Å². The SMILES string of the molecule is Cn1nnc(-c2ccc(O[C@H]3CCC[C@H](C(=O)O)C3)cn2)c1CNc1ccnc(OCC2(C)CC2)n1. The molecule has 2 aliphatic carbocycles. The Labute approximate surface area is 209 Å². The molecule has 11 heteroatoms. The number of carbonyl (C=O) groups is 1. The van der Waals surface area contributed by atoms with Gasteiger partial charge in [0, 0.05) is 18.7 Å². The zero-order valence-electron chi connectivity index (χ0n) is 20.6. The number of pyridine rings is 1. The molecule has 11 nitrogen and oxygen atoms in total. The summed E-state index contributed by atoms with van der Waals surface area (Å²) in [5.41, 5.74) is 2.43. The lowest BCUT2D eigenvalue weighted by molar-refractivity contribution is -0.143. The number of aryl methyl sites for hydroxylation is 1. The number of ether oxygens (including phenoxy) is 2. The standard InChI is InChI=1S/C25H31N7O4/c1-25(9-10-25)15-35-24-26-11-8-21(29-24)28-14-20-22(30-31-32(20)2)19-7-6-18(13-27-19)36-17-5-3-4-16(12-17)23(33)34/h6-8,11,13,16-17H,3-5,9-10,12,14-15H2,1-2H3,(H,33,34)(H,26,28,29)/t16-,17-/m0/s1. The lowest BCUT2D eigenvalue weighted by Gasteiger charge is -2.27. The summed E-state index contributed by atoms with van der Waals surface area (Å²) in [5, 5.41) is 21.1. The zero-order chi connectivity index (χ0) is 25.1. The lowest BCUT2D eigenvalue weighted by Crippen LogP contribution is -2.29. The van der Waals surface area contributed by atoms with Gasteiger partial charge in [0.2, 0.25) is 0 Å². The average molecular weight is 494 g/mol. The Morgan fingerprint density at radius 2 is 2.11 bits per heavy atom. The van der Waals surface area contributed by atoms with Crippen LogP contribution in [0.3, 0.4) is 0 Å². The first-order chi connectivity index (χ1) is 17.4. The highest BCUT2D eigenvalue weighted by Gasteiger charge is 2.38. The second kappa shape index (κ2) is 10.1. The molecule has 0 aromatic carbocycles. The molecule has 0 unspecified atom stereocenters. The number of hydrogen-bond donors (Lipinski definition) is 2. The summed E-state index contributed by atoms with van der Waals surface area (Å²) in [6, 6.07) is 5.84. The topological polar surface area (TPSA) is 137 Å². The summed E-state index contributed by atoms with van der Waals surface area (Å²) in [7, 11) is 1.83. The Morgan fingerprint density at radius 1 is 1.25 bits per heavy atom. The largest absolute Gasteiger partial charge is 0.489 e. The summed E-state index contributed by atoms with van der Waals surface area (Å²) >= 11 is 0. The van der Waals surface area contributed by atoms with Crippen molar-refractivity contribution in [3.8, 4) is 23.1 Å². The summed E-state index contributed by atoms with van der Waals surface area (Å²) in [5.74, 6) is 0.174. The maximum Gasteiger partial charge on any atom is 0.318 e. The molecule has 0 radical (unpaired) electrons. The van der Waals surface area contributed by atoms with E-state index in [1.807, 2.05) is 19.2 Å². The van der Waals surface area contributed by atoms with Crippen LogP contribution in [0.1, 0.15) is 51.1 Å². The number of aliphatic carboxylic acids is 1. The number of hydrogen-bond acceptors (Lipinski definition) is 9. The first-order valence-corrected chi connectivity index (χ1v) is 12.3. The first kappa shape index (κ1) is 24.0. The zero-order valence-corrected chi connectivity index (χ0v) is 20.6. The Kier molecular flexibility index (Phi) is 6.71. The third-order valence-electron chi connectivity index (χ3n) is 6.92. The van der Waals surface area contributed by atoms with Gasteiger partial charge in [-0.2, -0.15) is 4.98 Å². The van der Waals surface area contributed by atoms with Crippen LogP contribution in [-0.4, -0.2) is 53.7 Å². The molecule has 190 valence electrons. The Bertz CT molecular complexity index is 1210. The number of rotatable bonds is 10. The number of aromatic nitrogens is 6. The van der Waals surface area contributed by atoms with E-state index < -0.39 is 5.97 Å². The van der Waals surface area contributed by atoms with Gasteiger partial charge in [-0.3, -0.25) is 9.78 Å². The van der Waals surface area contributed by atoms with E-state index >= 15 is 0 Å². The normalized spacial score (nSPS) is 20.5. The van der Waals surface area contributed by atoms with Crippen molar-refractivity contribution in [3.63, 3.8) is 0 Å². The molecule has 3 heterocycles. The van der Waals surface area contributed by atoms with Gasteiger partial charge in [-0.1, -0.05) is 12.1 Å². The van der Waals surface area contributed by atoms with Gasteiger partial charge in [-0.15, -0.1) is 5.10 Å². The molecule has 0 aliphatic heterocycles. The fourth-order valence-corrected chi connectivity index (χ4v) is 4.31. The van der Waals surface area contributed by atoms with Crippen LogP contribution in [0.4, 0.5) is 5.82 Å². The van der Waals surface area contributed by atoms with Crippen LogP contribution < -0.4 is 14.8 Å². The van der Waals surface area contributed by atoms with E-state index in [0.717, 1.165) is 18.5 Å². The molecule has 0 amide bonds. The van der Waals surface area contributed by atoms with E-state index in [-0.39, 0.29) is 17.4 Å². The van der Waals surface area contributed by atoms with Gasteiger partial charge in [-0.05, 0) is 56.7 Å². The van der Waals surface area contributed by atoms with E-state index in [1.165, 1.54) is 12.8 Å². The van der Waals surface area contributed by atoms with E-state index in [0.29, 0.717) is 55.0 Å². The molecule has 2 aliphatic rings. The smallest absolute Gasteiger partial charge is 0.318 e. The van der Waals surface area contributed by atoms with Crippen molar-refractivity contribution in [1.29, 1.82) is 0 Å². The fraction of sp³-hybridized carbons (Fsp3) is 0.520. The molecule has 0 bridgehead atoms. The monoisotopic (exact) mass is 493 g/mol. The van der Waals surface area contributed by atoms with E-state index in [2.05, 4.69) is 37.5 Å². The minimum Gasteiger partial charge on any atom is -0.489 e. The van der Waals surface area contributed by atoms with Gasteiger partial charge in [-0.25, -0.2) is 9.67 Å². The van der Waals surface area contributed by atoms with Crippen molar-refractivity contribution >= 4 is 11.8 Å². The molecule has 0 saturated heterocycles. The highest BCUT2D eigenvalue weighted by atomic mass is 16.5. The summed E-state index contributed by atoms with van der Waals surface area (Å²) in [6.07, 6.45) is 8.49. The second-order valence-corrected chi connectivity index (χ2v) is 10.0. The quantitative estimate of drug-likeness (QED) is 0.432. The van der Waals surface area contributed by atoms with Crippen molar-refractivity contribution in [1.82, 2.24) is 29.9 Å². The maximum absolute atomic E-state index is 11.3. The van der Waals surface area contributed by atoms with Gasteiger partial charge in [0.25, 0.3) is 0 Å². The Morgan fingerprint density at radius 3 is 2.86 bits per heavy atom. The summed E-state index contributed by atoms with van der Waals surface area (Å²) in [4.78, 5) is 24.5. The minimum atomic E-state index is -0.751. The van der Waals surface area contributed by atoms with Crippen LogP contribution in [-0.2, 0) is 18.4 Å². The maximum atomic E-state index is 11.3. The molecule has 5 rings (SSSR count). The number of carboxylic acids is 1. The van der Waals surface area contributed by atoms with Crippen molar-refractivity contribution in [2.45, 2.75) is 58.1 Å². The van der Waals surface area contributed by atoms with E-state index in [4.69, 9.17) is 9.47 Å². The molecule has 36 heavy (non-hydrogen) atoms. The highest BCUT2D eigenvalue weighted by Crippen LogP contribution is 2.44. The van der Waals surface area contributed by atoms with Gasteiger partial charge < -0.3 is 19.9 Å². The molecule has 2 saturated carbocycles. The summed E-state index contributed by atoms with van der Waals surface area (Å²) in [6.45, 7) is 3.26. The average Bonchev–Trinajstić information content (AvgIpc) is 3.51. The molecular weight excluding hydrogens is 462 g/mol. The molecule has 2 atom stereocenters. The molecule has 2 N–H and O–H groups in total. The predicted molar refractivity (Wildman–Crippen MR) is 130 cm³/mol. The van der Waals surface area contributed by atoms with Gasteiger partial charge in [0.05, 0.1) is 42.8 Å². The predicted octanol–water partition coefficient (Wildman–Crippen LogP) is 3.48. The van der Waals surface area contributed by atoms with Crippen molar-refractivity contribution in [2.75, 3.05) is 11.9 Å². The van der Waals surface area contributed by atoms with Crippen LogP contribution in [0.5, 0.6) is 11.8 Å². The number of nitrogens with zero attached hydrogens (tertiary/aromatic N) is 6. The number of carboxylic acid groups (broad SMARTS) is 1. The molecule has 0 spiro atoms.